The molecule has 3 fully saturated rings. The van der Waals surface area contributed by atoms with Crippen molar-refractivity contribution in [2.45, 2.75) is 53.9 Å². The second-order valence-electron chi connectivity index (χ2n) is 10.8. The molecule has 0 N–H and O–H groups in total. The van der Waals surface area contributed by atoms with Crippen LogP contribution in [0.25, 0.3) is 0 Å². The lowest BCUT2D eigenvalue weighted by atomic mass is 9.78. The third-order valence-electron chi connectivity index (χ3n) is 8.64. The lowest BCUT2D eigenvalue weighted by Gasteiger charge is -2.39. The van der Waals surface area contributed by atoms with E-state index in [1.807, 2.05) is 36.1 Å². The summed E-state index contributed by atoms with van der Waals surface area (Å²) in [5.41, 5.74) is 1.41. The Labute approximate surface area is 180 Å². The average molecular weight is 413 g/mol. The number of carbonyl (C=O) groups excluding carboxylic acids is 2. The van der Waals surface area contributed by atoms with E-state index in [4.69, 9.17) is 4.74 Å². The van der Waals surface area contributed by atoms with Gasteiger partial charge in [0.05, 0.1) is 0 Å². The van der Waals surface area contributed by atoms with Gasteiger partial charge in [0.2, 0.25) is 5.91 Å². The van der Waals surface area contributed by atoms with E-state index in [-0.39, 0.29) is 34.7 Å². The summed E-state index contributed by atoms with van der Waals surface area (Å²) < 4.78 is 5.75. The van der Waals surface area contributed by atoms with E-state index in [0.717, 1.165) is 56.8 Å². The number of hydrogen-bond acceptors (Lipinski definition) is 3. The van der Waals surface area contributed by atoms with E-state index in [9.17, 15) is 9.59 Å². The van der Waals surface area contributed by atoms with Gasteiger partial charge in [-0.3, -0.25) is 9.59 Å². The highest BCUT2D eigenvalue weighted by Gasteiger charge is 2.69. The molecular weight excluding hydrogens is 376 g/mol. The molecule has 0 atom stereocenters. The number of nitrogens with zero attached hydrogens (tertiary/aromatic N) is 2. The molecule has 2 aliphatic heterocycles. The number of ether oxygens (including phenoxy) is 1. The quantitative estimate of drug-likeness (QED) is 0.754. The molecule has 1 aromatic rings. The van der Waals surface area contributed by atoms with Gasteiger partial charge in [-0.25, -0.2) is 0 Å². The first-order chi connectivity index (χ1) is 14.1. The van der Waals surface area contributed by atoms with Crippen molar-refractivity contribution in [1.82, 2.24) is 9.80 Å². The molecule has 30 heavy (non-hydrogen) atoms. The second-order valence-corrected chi connectivity index (χ2v) is 10.8. The van der Waals surface area contributed by atoms with Crippen LogP contribution in [0.4, 0.5) is 0 Å². The van der Waals surface area contributed by atoms with E-state index < -0.39 is 0 Å². The molecule has 0 unspecified atom stereocenters. The predicted octanol–water partition coefficient (Wildman–Crippen LogP) is 3.90. The van der Waals surface area contributed by atoms with Crippen molar-refractivity contribution in [3.05, 3.63) is 29.8 Å². The molecule has 0 bridgehead atoms. The standard InChI is InChI=1S/C25H36N2O3/c1-18-8-6-7-9-19(18)30-16-20(28)26-13-10-25(11-14-26)12-15-27(17-25)22(29)21-23(2,3)24(21,4)5/h6-9,21H,10-17H2,1-5H3. The van der Waals surface area contributed by atoms with Crippen LogP contribution in [-0.2, 0) is 9.59 Å². The van der Waals surface area contributed by atoms with Gasteiger partial charge >= 0.3 is 0 Å². The summed E-state index contributed by atoms with van der Waals surface area (Å²) in [4.78, 5) is 29.8. The van der Waals surface area contributed by atoms with Crippen LogP contribution in [-0.4, -0.2) is 54.4 Å². The lowest BCUT2D eigenvalue weighted by Crippen LogP contribution is -2.46. The van der Waals surface area contributed by atoms with E-state index in [1.54, 1.807) is 0 Å². The van der Waals surface area contributed by atoms with Crippen LogP contribution in [0.3, 0.4) is 0 Å². The van der Waals surface area contributed by atoms with E-state index in [2.05, 4.69) is 32.6 Å². The van der Waals surface area contributed by atoms with Crippen molar-refractivity contribution in [2.75, 3.05) is 32.8 Å². The number of para-hydroxylation sites is 1. The summed E-state index contributed by atoms with van der Waals surface area (Å²) in [7, 11) is 0. The molecule has 3 aliphatic rings. The van der Waals surface area contributed by atoms with Gasteiger partial charge in [-0.15, -0.1) is 0 Å². The van der Waals surface area contributed by atoms with E-state index >= 15 is 0 Å². The molecule has 5 heteroatoms. The Kier molecular flexibility index (Phi) is 5.14. The number of aryl methyl sites for hydroxylation is 1. The van der Waals surface area contributed by atoms with Gasteiger partial charge in [0.25, 0.3) is 5.91 Å². The number of hydrogen-bond donors (Lipinski definition) is 0. The van der Waals surface area contributed by atoms with Crippen LogP contribution in [0.5, 0.6) is 5.75 Å². The molecule has 164 valence electrons. The molecule has 2 saturated heterocycles. The zero-order chi connectivity index (χ0) is 21.7. The SMILES string of the molecule is Cc1ccccc1OCC(=O)N1CCC2(CC1)CCN(C(=O)C1C(C)(C)C1(C)C)C2. The fourth-order valence-corrected chi connectivity index (χ4v) is 5.71. The number of likely N-dealkylation sites (tertiary alicyclic amines) is 2. The van der Waals surface area contributed by atoms with Gasteiger partial charge in [-0.05, 0) is 54.1 Å². The maximum absolute atomic E-state index is 13.1. The van der Waals surface area contributed by atoms with Gasteiger partial charge in [-0.2, -0.15) is 0 Å². The molecule has 1 aliphatic carbocycles. The highest BCUT2D eigenvalue weighted by atomic mass is 16.5. The minimum atomic E-state index is 0.0560. The minimum absolute atomic E-state index is 0.0560. The monoisotopic (exact) mass is 412 g/mol. The van der Waals surface area contributed by atoms with Crippen LogP contribution in [0.2, 0.25) is 0 Å². The molecule has 1 saturated carbocycles. The molecule has 2 amide bonds. The predicted molar refractivity (Wildman–Crippen MR) is 117 cm³/mol. The highest BCUT2D eigenvalue weighted by molar-refractivity contribution is 5.84. The third kappa shape index (κ3) is 3.50. The summed E-state index contributed by atoms with van der Waals surface area (Å²) in [6.45, 7) is 14.2. The van der Waals surface area contributed by atoms with Crippen LogP contribution in [0.15, 0.2) is 24.3 Å². The summed E-state index contributed by atoms with van der Waals surface area (Å²) in [6.07, 6.45) is 3.02. The maximum atomic E-state index is 13.1. The van der Waals surface area contributed by atoms with Crippen molar-refractivity contribution < 1.29 is 14.3 Å². The Bertz CT molecular complexity index is 823. The fourth-order valence-electron chi connectivity index (χ4n) is 5.71. The van der Waals surface area contributed by atoms with Gasteiger partial charge < -0.3 is 14.5 Å². The first kappa shape index (κ1) is 21.2. The smallest absolute Gasteiger partial charge is 0.260 e. The molecule has 0 aromatic heterocycles. The summed E-state index contributed by atoms with van der Waals surface area (Å²) in [5.74, 6) is 1.31. The highest BCUT2D eigenvalue weighted by Crippen LogP contribution is 2.69. The first-order valence-corrected chi connectivity index (χ1v) is 11.3. The summed E-state index contributed by atoms with van der Waals surface area (Å²) in [5, 5.41) is 0. The Morgan fingerprint density at radius 1 is 0.967 bits per heavy atom. The number of rotatable bonds is 4. The zero-order valence-corrected chi connectivity index (χ0v) is 19.2. The molecule has 5 nitrogen and oxygen atoms in total. The van der Waals surface area contributed by atoms with Crippen LogP contribution in [0, 0.1) is 29.1 Å². The van der Waals surface area contributed by atoms with Crippen molar-refractivity contribution in [3.63, 3.8) is 0 Å². The van der Waals surface area contributed by atoms with Gasteiger partial charge in [0.1, 0.15) is 5.75 Å². The minimum Gasteiger partial charge on any atom is -0.484 e. The van der Waals surface area contributed by atoms with Crippen molar-refractivity contribution in [3.8, 4) is 5.75 Å². The van der Waals surface area contributed by atoms with Gasteiger partial charge in [-0.1, -0.05) is 45.9 Å². The van der Waals surface area contributed by atoms with E-state index in [1.165, 1.54) is 0 Å². The third-order valence-corrected chi connectivity index (χ3v) is 8.64. The molecule has 1 spiro atoms. The zero-order valence-electron chi connectivity index (χ0n) is 19.2. The normalized spacial score (nSPS) is 24.2. The van der Waals surface area contributed by atoms with Crippen LogP contribution >= 0.6 is 0 Å². The summed E-state index contributed by atoms with van der Waals surface area (Å²) in [6, 6.07) is 7.78. The number of carbonyl (C=O) groups is 2. The van der Waals surface area contributed by atoms with Crippen molar-refractivity contribution >= 4 is 11.8 Å². The van der Waals surface area contributed by atoms with Crippen molar-refractivity contribution in [1.29, 1.82) is 0 Å². The second kappa shape index (κ2) is 7.28. The Morgan fingerprint density at radius 3 is 2.10 bits per heavy atom. The van der Waals surface area contributed by atoms with Crippen molar-refractivity contribution in [2.24, 2.45) is 22.2 Å². The Balaban J connectivity index is 1.28. The van der Waals surface area contributed by atoms with E-state index in [0.29, 0.717) is 5.91 Å². The molecule has 4 rings (SSSR count). The average Bonchev–Trinajstić information content (AvgIpc) is 2.96. The number of amides is 2. The lowest BCUT2D eigenvalue weighted by molar-refractivity contribution is -0.137. The number of benzene rings is 1. The van der Waals surface area contributed by atoms with Crippen LogP contribution < -0.4 is 4.74 Å². The Morgan fingerprint density at radius 2 is 1.53 bits per heavy atom. The largest absolute Gasteiger partial charge is 0.484 e. The molecular formula is C25H36N2O3. The maximum Gasteiger partial charge on any atom is 0.260 e. The van der Waals surface area contributed by atoms with Crippen LogP contribution in [0.1, 0.15) is 52.5 Å². The first-order valence-electron chi connectivity index (χ1n) is 11.3. The van der Waals surface area contributed by atoms with Gasteiger partial charge in [0.15, 0.2) is 6.61 Å². The molecule has 1 aromatic carbocycles. The molecule has 2 heterocycles. The topological polar surface area (TPSA) is 49.9 Å². The van der Waals surface area contributed by atoms with Gasteiger partial charge in [0, 0.05) is 32.1 Å². The Hall–Kier alpha value is -2.04. The fraction of sp³-hybridized carbons (Fsp3) is 0.680. The number of piperidine rings is 1. The summed E-state index contributed by atoms with van der Waals surface area (Å²) >= 11 is 0. The molecule has 0 radical (unpaired) electrons.